The highest BCUT2D eigenvalue weighted by atomic mass is 16.6. The van der Waals surface area contributed by atoms with Crippen molar-refractivity contribution in [2.24, 2.45) is 11.3 Å². The molecule has 14 nitrogen and oxygen atoms in total. The number of hydrogen-bond acceptors (Lipinski definition) is 11. The summed E-state index contributed by atoms with van der Waals surface area (Å²) in [4.78, 5) is 81.9. The lowest BCUT2D eigenvalue weighted by Gasteiger charge is -2.39. The van der Waals surface area contributed by atoms with E-state index in [1.54, 1.807) is 4.90 Å². The third kappa shape index (κ3) is 16.9. The fourth-order valence-electron chi connectivity index (χ4n) is 8.21. The SMILES string of the molecule is Cc1ccc(CN2CCN(C(=O)OC(C)(C)C)CC2)c(C(=O)N2CCC(C(C)(C)C)CC2)c1.Cc1ccc(CN2CCNCC2)c(C(=O)N2CCCCC2)c1.O=C=O.O=C=O. The number of rotatable bonds is 6. The van der Waals surface area contributed by atoms with Crippen LogP contribution < -0.4 is 5.32 Å². The Hall–Kier alpha value is -4.71. The molecule has 4 aliphatic rings. The lowest BCUT2D eigenvalue weighted by molar-refractivity contribution is -0.193. The minimum Gasteiger partial charge on any atom is -0.444 e. The van der Waals surface area contributed by atoms with Gasteiger partial charge in [-0.05, 0) is 101 Å². The molecule has 0 aliphatic carbocycles. The van der Waals surface area contributed by atoms with Crippen molar-refractivity contribution in [1.82, 2.24) is 29.8 Å². The zero-order chi connectivity index (χ0) is 45.2. The molecule has 4 fully saturated rings. The van der Waals surface area contributed by atoms with Gasteiger partial charge in [0.2, 0.25) is 0 Å². The third-order valence-electron chi connectivity index (χ3n) is 11.7. The Bertz CT molecular complexity index is 1770. The second-order valence-electron chi connectivity index (χ2n) is 18.5. The summed E-state index contributed by atoms with van der Waals surface area (Å²) in [7, 11) is 0. The highest BCUT2D eigenvalue weighted by Gasteiger charge is 2.32. The number of likely N-dealkylation sites (tertiary alicyclic amines) is 2. The summed E-state index contributed by atoms with van der Waals surface area (Å²) >= 11 is 0. The number of aryl methyl sites for hydroxylation is 2. The first kappa shape index (κ1) is 50.6. The molecule has 3 amide bonds. The van der Waals surface area contributed by atoms with Crippen LogP contribution in [0.4, 0.5) is 4.79 Å². The average molecular weight is 847 g/mol. The zero-order valence-corrected chi connectivity index (χ0v) is 38.0. The maximum absolute atomic E-state index is 13.5. The molecule has 0 bridgehead atoms. The smallest absolute Gasteiger partial charge is 0.410 e. The number of nitrogens with one attached hydrogen (secondary N) is 1. The standard InChI is InChI=1S/C27H43N3O3.C18H27N3O.2CO2/c1-20-8-9-21(19-28-14-16-30(17-15-28)25(32)33-27(5,6)7)23(18-20)24(31)29-12-10-22(11-13-29)26(2,3)4;1-15-5-6-16(14-20-11-7-19-8-12-20)17(13-15)18(22)21-9-3-2-4-10-21;2*2-1-3/h8-9,18,22H,10-17,19H2,1-7H3;5-6,13,19H,2-4,7-12,14H2,1H3;;. The van der Waals surface area contributed by atoms with E-state index in [1.807, 2.05) is 43.6 Å². The monoisotopic (exact) mass is 847 g/mol. The van der Waals surface area contributed by atoms with Crippen molar-refractivity contribution in [3.8, 4) is 0 Å². The molecule has 2 aromatic carbocycles. The van der Waals surface area contributed by atoms with Crippen LogP contribution in [0.5, 0.6) is 0 Å². The van der Waals surface area contributed by atoms with E-state index in [0.717, 1.165) is 126 Å². The number of carbonyl (C=O) groups excluding carboxylic acids is 7. The lowest BCUT2D eigenvalue weighted by Crippen LogP contribution is -2.49. The fourth-order valence-corrected chi connectivity index (χ4v) is 8.21. The van der Waals surface area contributed by atoms with Crippen LogP contribution in [-0.4, -0.2) is 139 Å². The maximum atomic E-state index is 13.5. The van der Waals surface area contributed by atoms with Gasteiger partial charge in [-0.2, -0.15) is 19.2 Å². The Balaban J connectivity index is 0.000000305. The molecular weight excluding hydrogens is 777 g/mol. The van der Waals surface area contributed by atoms with E-state index in [2.05, 4.69) is 73.1 Å². The topological polar surface area (TPSA) is 157 Å². The molecule has 4 saturated heterocycles. The van der Waals surface area contributed by atoms with Gasteiger partial charge in [-0.25, -0.2) is 4.79 Å². The van der Waals surface area contributed by atoms with Gasteiger partial charge in [-0.15, -0.1) is 0 Å². The van der Waals surface area contributed by atoms with E-state index in [9.17, 15) is 14.4 Å². The number of piperidine rings is 2. The van der Waals surface area contributed by atoms with E-state index in [0.29, 0.717) is 24.4 Å². The summed E-state index contributed by atoms with van der Waals surface area (Å²) in [6, 6.07) is 12.6. The van der Waals surface area contributed by atoms with Gasteiger partial charge < -0.3 is 24.8 Å². The minimum atomic E-state index is -0.479. The largest absolute Gasteiger partial charge is 0.444 e. The number of ether oxygens (including phenoxy) is 1. The van der Waals surface area contributed by atoms with Crippen LogP contribution in [-0.2, 0) is 37.0 Å². The second kappa shape index (κ2) is 24.7. The molecule has 0 atom stereocenters. The summed E-state index contributed by atoms with van der Waals surface area (Å²) in [6.07, 6.45) is 5.94. The molecule has 4 heterocycles. The van der Waals surface area contributed by atoms with Crippen LogP contribution in [0, 0.1) is 25.2 Å². The predicted octanol–water partition coefficient (Wildman–Crippen LogP) is 5.81. The van der Waals surface area contributed by atoms with Crippen LogP contribution in [0.15, 0.2) is 36.4 Å². The van der Waals surface area contributed by atoms with Crippen molar-refractivity contribution in [2.45, 2.75) is 106 Å². The normalized spacial score (nSPS) is 17.8. The van der Waals surface area contributed by atoms with E-state index < -0.39 is 5.60 Å². The maximum Gasteiger partial charge on any atom is 0.410 e. The van der Waals surface area contributed by atoms with Crippen molar-refractivity contribution < 1.29 is 38.3 Å². The number of nitrogens with zero attached hydrogens (tertiary/aromatic N) is 5. The predicted molar refractivity (Wildman–Crippen MR) is 231 cm³/mol. The van der Waals surface area contributed by atoms with Gasteiger partial charge in [0.05, 0.1) is 0 Å². The quantitative estimate of drug-likeness (QED) is 0.375. The van der Waals surface area contributed by atoms with Crippen molar-refractivity contribution in [3.63, 3.8) is 0 Å². The van der Waals surface area contributed by atoms with Crippen molar-refractivity contribution in [1.29, 1.82) is 0 Å². The Labute approximate surface area is 363 Å². The number of amides is 3. The molecule has 0 radical (unpaired) electrons. The summed E-state index contributed by atoms with van der Waals surface area (Å²) in [5.41, 5.74) is 6.11. The molecule has 6 rings (SSSR count). The second-order valence-corrected chi connectivity index (χ2v) is 18.5. The first-order chi connectivity index (χ1) is 28.9. The number of piperazine rings is 2. The Morgan fingerprint density at radius 3 is 1.46 bits per heavy atom. The van der Waals surface area contributed by atoms with E-state index in [-0.39, 0.29) is 30.2 Å². The molecular formula is C47H70N6O8. The van der Waals surface area contributed by atoms with Gasteiger partial charge in [0.25, 0.3) is 11.8 Å². The van der Waals surface area contributed by atoms with Gasteiger partial charge in [0.15, 0.2) is 0 Å². The van der Waals surface area contributed by atoms with Gasteiger partial charge in [0, 0.05) is 103 Å². The van der Waals surface area contributed by atoms with Crippen molar-refractivity contribution >= 4 is 30.2 Å². The van der Waals surface area contributed by atoms with E-state index >= 15 is 0 Å². The third-order valence-corrected chi connectivity index (χ3v) is 11.7. The fraction of sp³-hybridized carbons (Fsp3) is 0.638. The van der Waals surface area contributed by atoms with E-state index in [1.165, 1.54) is 17.5 Å². The number of benzene rings is 2. The Morgan fingerprint density at radius 2 is 1.03 bits per heavy atom. The lowest BCUT2D eigenvalue weighted by atomic mass is 9.75. The minimum absolute atomic E-state index is 0.161. The van der Waals surface area contributed by atoms with Gasteiger partial charge in [-0.1, -0.05) is 56.2 Å². The Morgan fingerprint density at radius 1 is 0.607 bits per heavy atom. The number of carbonyl (C=O) groups is 3. The van der Waals surface area contributed by atoms with Crippen LogP contribution in [0.1, 0.15) is 117 Å². The van der Waals surface area contributed by atoms with Gasteiger partial charge in [-0.3, -0.25) is 19.4 Å². The molecule has 2 aromatic rings. The van der Waals surface area contributed by atoms with Crippen LogP contribution >= 0.6 is 0 Å². The van der Waals surface area contributed by atoms with E-state index in [4.69, 9.17) is 23.9 Å². The van der Waals surface area contributed by atoms with Crippen LogP contribution in [0.2, 0.25) is 0 Å². The van der Waals surface area contributed by atoms with Crippen LogP contribution in [0.25, 0.3) is 0 Å². The van der Waals surface area contributed by atoms with Gasteiger partial charge in [0.1, 0.15) is 5.60 Å². The first-order valence-corrected chi connectivity index (χ1v) is 21.8. The number of hydrogen-bond donors (Lipinski definition) is 1. The molecule has 61 heavy (non-hydrogen) atoms. The molecule has 336 valence electrons. The summed E-state index contributed by atoms with van der Waals surface area (Å²) < 4.78 is 5.51. The molecule has 4 aliphatic heterocycles. The van der Waals surface area contributed by atoms with Crippen molar-refractivity contribution in [3.05, 3.63) is 69.8 Å². The summed E-state index contributed by atoms with van der Waals surface area (Å²) in [6.45, 7) is 28.9. The highest BCUT2D eigenvalue weighted by Crippen LogP contribution is 2.35. The first-order valence-electron chi connectivity index (χ1n) is 21.8. The molecule has 0 unspecified atom stereocenters. The zero-order valence-electron chi connectivity index (χ0n) is 38.0. The summed E-state index contributed by atoms with van der Waals surface area (Å²) in [5.74, 6) is 1.06. The average Bonchev–Trinajstić information content (AvgIpc) is 3.22. The molecule has 0 spiro atoms. The van der Waals surface area contributed by atoms with Gasteiger partial charge >= 0.3 is 18.4 Å². The molecule has 0 aromatic heterocycles. The molecule has 14 heteroatoms. The highest BCUT2D eigenvalue weighted by molar-refractivity contribution is 5.96. The molecule has 0 saturated carbocycles. The Kier molecular flexibility index (Phi) is 20.5. The van der Waals surface area contributed by atoms with Crippen molar-refractivity contribution in [2.75, 3.05) is 78.5 Å². The summed E-state index contributed by atoms with van der Waals surface area (Å²) in [5, 5.41) is 3.38. The van der Waals surface area contributed by atoms with Crippen LogP contribution in [0.3, 0.4) is 0 Å². The molecule has 1 N–H and O–H groups in total.